The molecule has 0 bridgehead atoms. The van der Waals surface area contributed by atoms with E-state index >= 15 is 0 Å². The number of nitrogens with zero attached hydrogens (tertiary/aromatic N) is 1. The molecule has 0 aliphatic heterocycles. The van der Waals surface area contributed by atoms with Crippen molar-refractivity contribution in [2.45, 2.75) is 13.5 Å². The second-order valence-electron chi connectivity index (χ2n) is 4.99. The number of nitrogens with one attached hydrogen (secondary N) is 3. The highest BCUT2D eigenvalue weighted by molar-refractivity contribution is 14.0. The highest BCUT2D eigenvalue weighted by Gasteiger charge is 2.08. The monoisotopic (exact) mass is 492 g/mol. The molecule has 8 heteroatoms. The molecule has 0 saturated heterocycles. The van der Waals surface area contributed by atoms with Crippen molar-refractivity contribution in [2.24, 2.45) is 4.99 Å². The van der Waals surface area contributed by atoms with Crippen LogP contribution in [-0.4, -0.2) is 31.5 Å². The standard InChI is InChI=1S/C17H21ClN4OS.HI/c1-2-19-17(22-11-13-7-10-24-12-13)21-9-8-20-16(23)14-5-3-4-6-15(14)18;/h3-7,10,12H,2,8-9,11H2,1H3,(H,20,23)(H2,19,21,22);1H. The molecule has 136 valence electrons. The maximum Gasteiger partial charge on any atom is 0.252 e. The number of amides is 1. The van der Waals surface area contributed by atoms with E-state index in [1.807, 2.05) is 12.3 Å². The molecule has 1 heterocycles. The second kappa shape index (κ2) is 12.1. The third-order valence-corrected chi connectivity index (χ3v) is 4.23. The van der Waals surface area contributed by atoms with Crippen molar-refractivity contribution in [3.63, 3.8) is 0 Å². The van der Waals surface area contributed by atoms with E-state index in [-0.39, 0.29) is 29.9 Å². The van der Waals surface area contributed by atoms with Crippen LogP contribution in [0.5, 0.6) is 0 Å². The summed E-state index contributed by atoms with van der Waals surface area (Å²) >= 11 is 7.67. The van der Waals surface area contributed by atoms with Gasteiger partial charge in [0.05, 0.1) is 17.1 Å². The fourth-order valence-electron chi connectivity index (χ4n) is 1.99. The predicted octanol–water partition coefficient (Wildman–Crippen LogP) is 3.50. The molecule has 25 heavy (non-hydrogen) atoms. The fourth-order valence-corrected chi connectivity index (χ4v) is 2.87. The highest BCUT2D eigenvalue weighted by atomic mass is 127. The summed E-state index contributed by atoms with van der Waals surface area (Å²) in [5.41, 5.74) is 1.67. The number of hydrogen-bond acceptors (Lipinski definition) is 3. The minimum Gasteiger partial charge on any atom is -0.357 e. The number of benzene rings is 1. The van der Waals surface area contributed by atoms with Crippen molar-refractivity contribution >= 4 is 58.8 Å². The van der Waals surface area contributed by atoms with E-state index in [4.69, 9.17) is 11.6 Å². The average molecular weight is 493 g/mol. The van der Waals surface area contributed by atoms with Gasteiger partial charge < -0.3 is 16.0 Å². The SMILES string of the molecule is CCNC(=NCc1ccsc1)NCCNC(=O)c1ccccc1Cl.I. The van der Waals surface area contributed by atoms with Crippen molar-refractivity contribution in [2.75, 3.05) is 19.6 Å². The van der Waals surface area contributed by atoms with Crippen LogP contribution in [0.2, 0.25) is 5.02 Å². The topological polar surface area (TPSA) is 65.5 Å². The van der Waals surface area contributed by atoms with E-state index in [0.29, 0.717) is 30.2 Å². The van der Waals surface area contributed by atoms with Gasteiger partial charge in [0.1, 0.15) is 0 Å². The minimum atomic E-state index is -0.178. The predicted molar refractivity (Wildman–Crippen MR) is 116 cm³/mol. The summed E-state index contributed by atoms with van der Waals surface area (Å²) in [6.45, 7) is 4.48. The van der Waals surface area contributed by atoms with Crippen LogP contribution in [0, 0.1) is 0 Å². The number of halogens is 2. The zero-order valence-electron chi connectivity index (χ0n) is 13.9. The number of rotatable bonds is 7. The van der Waals surface area contributed by atoms with Gasteiger partial charge in [0.25, 0.3) is 5.91 Å². The summed E-state index contributed by atoms with van der Waals surface area (Å²) < 4.78 is 0. The smallest absolute Gasteiger partial charge is 0.252 e. The van der Waals surface area contributed by atoms with Gasteiger partial charge in [-0.2, -0.15) is 11.3 Å². The summed E-state index contributed by atoms with van der Waals surface area (Å²) in [6.07, 6.45) is 0. The molecule has 0 aliphatic carbocycles. The molecule has 2 rings (SSSR count). The summed E-state index contributed by atoms with van der Waals surface area (Å²) in [5.74, 6) is 0.554. The van der Waals surface area contributed by atoms with Gasteiger partial charge in [-0.05, 0) is 41.4 Å². The van der Waals surface area contributed by atoms with Crippen LogP contribution in [0.4, 0.5) is 0 Å². The first kappa shape index (κ1) is 21.7. The quantitative estimate of drug-likeness (QED) is 0.240. The van der Waals surface area contributed by atoms with E-state index in [0.717, 1.165) is 12.5 Å². The number of carbonyl (C=O) groups is 1. The molecule has 1 aromatic heterocycles. The van der Waals surface area contributed by atoms with Crippen LogP contribution >= 0.6 is 46.9 Å². The molecule has 2 aromatic rings. The van der Waals surface area contributed by atoms with Gasteiger partial charge in [0.15, 0.2) is 5.96 Å². The number of thiophene rings is 1. The van der Waals surface area contributed by atoms with Crippen molar-refractivity contribution in [3.8, 4) is 0 Å². The van der Waals surface area contributed by atoms with Crippen molar-refractivity contribution < 1.29 is 4.79 Å². The Morgan fingerprint density at radius 2 is 1.92 bits per heavy atom. The lowest BCUT2D eigenvalue weighted by Gasteiger charge is -2.12. The molecule has 0 saturated carbocycles. The summed E-state index contributed by atoms with van der Waals surface area (Å²) in [6, 6.07) is 9.06. The number of aliphatic imine (C=N–C) groups is 1. The zero-order chi connectivity index (χ0) is 17.2. The zero-order valence-corrected chi connectivity index (χ0v) is 17.8. The normalized spacial score (nSPS) is 10.7. The van der Waals surface area contributed by atoms with Gasteiger partial charge in [-0.3, -0.25) is 4.79 Å². The molecule has 5 nitrogen and oxygen atoms in total. The van der Waals surface area contributed by atoms with Crippen LogP contribution in [-0.2, 0) is 6.54 Å². The Bertz CT molecular complexity index is 679. The summed E-state index contributed by atoms with van der Waals surface area (Å²) in [7, 11) is 0. The van der Waals surface area contributed by atoms with Gasteiger partial charge in [-0.25, -0.2) is 4.99 Å². The Morgan fingerprint density at radius 1 is 1.16 bits per heavy atom. The third-order valence-electron chi connectivity index (χ3n) is 3.17. The van der Waals surface area contributed by atoms with E-state index < -0.39 is 0 Å². The maximum atomic E-state index is 12.0. The van der Waals surface area contributed by atoms with E-state index in [1.54, 1.807) is 35.6 Å². The first-order valence-corrected chi connectivity index (χ1v) is 9.08. The van der Waals surface area contributed by atoms with Gasteiger partial charge in [0, 0.05) is 19.6 Å². The van der Waals surface area contributed by atoms with E-state index in [9.17, 15) is 4.79 Å². The van der Waals surface area contributed by atoms with Gasteiger partial charge >= 0.3 is 0 Å². The van der Waals surface area contributed by atoms with Crippen molar-refractivity contribution in [1.29, 1.82) is 0 Å². The summed E-state index contributed by atoms with van der Waals surface area (Å²) in [4.78, 5) is 16.6. The number of hydrogen-bond donors (Lipinski definition) is 3. The Hall–Kier alpha value is -1.32. The minimum absolute atomic E-state index is 0. The van der Waals surface area contributed by atoms with Crippen molar-refractivity contribution in [3.05, 3.63) is 57.2 Å². The second-order valence-corrected chi connectivity index (χ2v) is 6.18. The van der Waals surface area contributed by atoms with Crippen LogP contribution in [0.25, 0.3) is 0 Å². The lowest BCUT2D eigenvalue weighted by molar-refractivity contribution is 0.0954. The lowest BCUT2D eigenvalue weighted by Crippen LogP contribution is -2.41. The molecule has 0 aliphatic rings. The third kappa shape index (κ3) is 7.62. The molecular weight excluding hydrogens is 471 g/mol. The van der Waals surface area contributed by atoms with Crippen LogP contribution in [0.1, 0.15) is 22.8 Å². The molecule has 1 aromatic carbocycles. The van der Waals surface area contributed by atoms with Gasteiger partial charge in [0.2, 0.25) is 0 Å². The largest absolute Gasteiger partial charge is 0.357 e. The molecule has 0 atom stereocenters. The van der Waals surface area contributed by atoms with E-state index in [2.05, 4.69) is 32.4 Å². The first-order valence-electron chi connectivity index (χ1n) is 7.76. The lowest BCUT2D eigenvalue weighted by atomic mass is 10.2. The van der Waals surface area contributed by atoms with E-state index in [1.165, 1.54) is 5.56 Å². The maximum absolute atomic E-state index is 12.0. The highest BCUT2D eigenvalue weighted by Crippen LogP contribution is 2.14. The molecule has 0 spiro atoms. The average Bonchev–Trinajstić information content (AvgIpc) is 3.10. The fraction of sp³-hybridized carbons (Fsp3) is 0.294. The Labute approximate surface area is 174 Å². The molecule has 0 unspecified atom stereocenters. The summed E-state index contributed by atoms with van der Waals surface area (Å²) in [5, 5.41) is 13.8. The molecule has 3 N–H and O–H groups in total. The Morgan fingerprint density at radius 3 is 2.60 bits per heavy atom. The Balaban J connectivity index is 0.00000312. The molecule has 0 fully saturated rings. The van der Waals surface area contributed by atoms with Gasteiger partial charge in [-0.1, -0.05) is 23.7 Å². The van der Waals surface area contributed by atoms with Crippen LogP contribution in [0.15, 0.2) is 46.1 Å². The van der Waals surface area contributed by atoms with Crippen LogP contribution < -0.4 is 16.0 Å². The molecule has 0 radical (unpaired) electrons. The van der Waals surface area contributed by atoms with Gasteiger partial charge in [-0.15, -0.1) is 24.0 Å². The molecule has 1 amide bonds. The number of guanidine groups is 1. The first-order chi connectivity index (χ1) is 11.7. The van der Waals surface area contributed by atoms with Crippen LogP contribution in [0.3, 0.4) is 0 Å². The van der Waals surface area contributed by atoms with Crippen molar-refractivity contribution in [1.82, 2.24) is 16.0 Å². The number of carbonyl (C=O) groups excluding carboxylic acids is 1. The Kier molecular flexibility index (Phi) is 10.5. The molecular formula is C17H22ClIN4OS.